The van der Waals surface area contributed by atoms with Gasteiger partial charge < -0.3 is 15.5 Å². The number of carbonyl (C=O) groups excluding carboxylic acids is 2. The molecular weight excluding hydrogens is 290 g/mol. The Morgan fingerprint density at radius 1 is 1.30 bits per heavy atom. The summed E-state index contributed by atoms with van der Waals surface area (Å²) in [7, 11) is 0. The highest BCUT2D eigenvalue weighted by atomic mass is 16.2. The summed E-state index contributed by atoms with van der Waals surface area (Å²) in [6.45, 7) is 6.25. The highest BCUT2D eigenvalue weighted by molar-refractivity contribution is 5.76. The van der Waals surface area contributed by atoms with E-state index >= 15 is 0 Å². The fourth-order valence-electron chi connectivity index (χ4n) is 3.43. The van der Waals surface area contributed by atoms with E-state index in [0.717, 1.165) is 38.3 Å². The van der Waals surface area contributed by atoms with Crippen LogP contribution in [0.1, 0.15) is 58.8 Å². The number of amides is 3. The molecule has 0 aromatic heterocycles. The van der Waals surface area contributed by atoms with Gasteiger partial charge >= 0.3 is 6.03 Å². The second-order valence-corrected chi connectivity index (χ2v) is 7.02. The number of urea groups is 1. The molecule has 1 heterocycles. The lowest BCUT2D eigenvalue weighted by atomic mass is 9.82. The third-order valence-corrected chi connectivity index (χ3v) is 4.68. The van der Waals surface area contributed by atoms with Gasteiger partial charge in [-0.25, -0.2) is 4.79 Å². The van der Waals surface area contributed by atoms with E-state index in [0.29, 0.717) is 13.0 Å². The number of nitrogens with one attached hydrogen (secondary N) is 2. The van der Waals surface area contributed by atoms with Crippen LogP contribution in [0.5, 0.6) is 0 Å². The van der Waals surface area contributed by atoms with Crippen LogP contribution < -0.4 is 10.6 Å². The van der Waals surface area contributed by atoms with Crippen molar-refractivity contribution in [3.05, 3.63) is 11.6 Å². The average Bonchev–Trinajstić information content (AvgIpc) is 2.53. The first-order valence-electron chi connectivity index (χ1n) is 9.07. The van der Waals surface area contributed by atoms with Crippen LogP contribution in [0.2, 0.25) is 0 Å². The maximum atomic E-state index is 12.3. The summed E-state index contributed by atoms with van der Waals surface area (Å²) in [6.07, 6.45) is 9.54. The summed E-state index contributed by atoms with van der Waals surface area (Å²) in [5, 5.41) is 5.61. The molecule has 0 radical (unpaired) electrons. The van der Waals surface area contributed by atoms with Gasteiger partial charge in [-0.1, -0.05) is 11.6 Å². The zero-order valence-corrected chi connectivity index (χ0v) is 14.6. The van der Waals surface area contributed by atoms with Crippen molar-refractivity contribution in [1.82, 2.24) is 15.5 Å². The fourth-order valence-corrected chi connectivity index (χ4v) is 3.43. The van der Waals surface area contributed by atoms with E-state index in [-0.39, 0.29) is 18.0 Å². The van der Waals surface area contributed by atoms with Crippen molar-refractivity contribution in [1.29, 1.82) is 0 Å². The largest absolute Gasteiger partial charge is 0.339 e. The van der Waals surface area contributed by atoms with Crippen molar-refractivity contribution in [2.24, 2.45) is 5.92 Å². The summed E-state index contributed by atoms with van der Waals surface area (Å²) in [6, 6.07) is 0.0197. The topological polar surface area (TPSA) is 61.4 Å². The molecule has 0 saturated carbocycles. The fraction of sp³-hybridized carbons (Fsp3) is 0.778. The van der Waals surface area contributed by atoms with Gasteiger partial charge in [-0.15, -0.1) is 0 Å². The number of fused-ring (bicyclic) bond motifs is 1. The van der Waals surface area contributed by atoms with Crippen LogP contribution in [0.15, 0.2) is 11.6 Å². The zero-order chi connectivity index (χ0) is 16.7. The highest BCUT2D eigenvalue weighted by Gasteiger charge is 2.27. The van der Waals surface area contributed by atoms with E-state index in [1.165, 1.54) is 24.8 Å². The van der Waals surface area contributed by atoms with E-state index in [4.69, 9.17) is 0 Å². The molecule has 2 N–H and O–H groups in total. The van der Waals surface area contributed by atoms with Gasteiger partial charge in [0.1, 0.15) is 0 Å². The van der Waals surface area contributed by atoms with Gasteiger partial charge in [0.05, 0.1) is 0 Å². The molecule has 130 valence electrons. The van der Waals surface area contributed by atoms with Crippen LogP contribution in [-0.2, 0) is 4.79 Å². The Morgan fingerprint density at radius 3 is 2.91 bits per heavy atom. The van der Waals surface area contributed by atoms with Gasteiger partial charge in [0.25, 0.3) is 0 Å². The van der Waals surface area contributed by atoms with Crippen LogP contribution in [0.25, 0.3) is 0 Å². The molecule has 1 fully saturated rings. The lowest BCUT2D eigenvalue weighted by Crippen LogP contribution is -2.41. The zero-order valence-electron chi connectivity index (χ0n) is 14.6. The van der Waals surface area contributed by atoms with Gasteiger partial charge in [-0.3, -0.25) is 4.79 Å². The van der Waals surface area contributed by atoms with Crippen molar-refractivity contribution in [3.63, 3.8) is 0 Å². The smallest absolute Gasteiger partial charge is 0.314 e. The van der Waals surface area contributed by atoms with E-state index in [9.17, 15) is 9.59 Å². The predicted octanol–water partition coefficient (Wildman–Crippen LogP) is 2.82. The van der Waals surface area contributed by atoms with Gasteiger partial charge in [-0.05, 0) is 58.3 Å². The van der Waals surface area contributed by atoms with Crippen LogP contribution in [-0.4, -0.2) is 42.5 Å². The number of hydrogen-bond donors (Lipinski definition) is 2. The maximum Gasteiger partial charge on any atom is 0.314 e. The Kier molecular flexibility index (Phi) is 6.93. The summed E-state index contributed by atoms with van der Waals surface area (Å²) in [5.74, 6) is 0.998. The summed E-state index contributed by atoms with van der Waals surface area (Å²) < 4.78 is 0. The average molecular weight is 321 g/mol. The van der Waals surface area contributed by atoms with Gasteiger partial charge in [-0.2, -0.15) is 0 Å². The number of allylic oxidation sites excluding steroid dienone is 1. The quantitative estimate of drug-likeness (QED) is 0.584. The highest BCUT2D eigenvalue weighted by Crippen LogP contribution is 2.32. The Hall–Kier alpha value is -1.52. The van der Waals surface area contributed by atoms with Crippen molar-refractivity contribution >= 4 is 11.9 Å². The molecule has 2 aliphatic rings. The molecule has 5 heteroatoms. The van der Waals surface area contributed by atoms with E-state index in [2.05, 4.69) is 16.7 Å². The summed E-state index contributed by atoms with van der Waals surface area (Å²) in [5.41, 5.74) is 1.49. The standard InChI is InChI=1S/C18H31N3O2/c1-14(2)20-18(23)19-11-6-5-9-17(22)21-12-10-15-7-3-4-8-16(15)13-21/h8,14-15H,3-7,9-13H2,1-2H3,(H2,19,20,23). The number of piperidine rings is 1. The summed E-state index contributed by atoms with van der Waals surface area (Å²) in [4.78, 5) is 25.8. The Labute approximate surface area is 139 Å². The SMILES string of the molecule is CC(C)NC(=O)NCCCCC(=O)N1CCC2CCCC=C2C1. The summed E-state index contributed by atoms with van der Waals surface area (Å²) >= 11 is 0. The molecule has 5 nitrogen and oxygen atoms in total. The molecule has 1 aliphatic heterocycles. The Bertz CT molecular complexity index is 446. The predicted molar refractivity (Wildman–Crippen MR) is 92.1 cm³/mol. The molecule has 1 unspecified atom stereocenters. The van der Waals surface area contributed by atoms with Crippen LogP contribution in [0, 0.1) is 5.92 Å². The van der Waals surface area contributed by atoms with Crippen molar-refractivity contribution in [3.8, 4) is 0 Å². The van der Waals surface area contributed by atoms with Gasteiger partial charge in [0.2, 0.25) is 5.91 Å². The van der Waals surface area contributed by atoms with Crippen LogP contribution in [0.4, 0.5) is 4.79 Å². The Balaban J connectivity index is 1.60. The molecule has 0 aromatic rings. The first-order chi connectivity index (χ1) is 11.1. The molecule has 3 amide bonds. The molecule has 1 aliphatic carbocycles. The van der Waals surface area contributed by atoms with E-state index < -0.39 is 0 Å². The molecule has 2 rings (SSSR count). The first-order valence-corrected chi connectivity index (χ1v) is 9.07. The molecule has 0 bridgehead atoms. The minimum absolute atomic E-state index is 0.127. The third kappa shape index (κ3) is 5.88. The monoisotopic (exact) mass is 321 g/mol. The number of carbonyl (C=O) groups is 2. The second-order valence-electron chi connectivity index (χ2n) is 7.02. The first kappa shape index (κ1) is 17.8. The normalized spacial score (nSPS) is 20.7. The van der Waals surface area contributed by atoms with Crippen molar-refractivity contribution in [2.45, 2.75) is 64.8 Å². The van der Waals surface area contributed by atoms with Crippen LogP contribution in [0.3, 0.4) is 0 Å². The van der Waals surface area contributed by atoms with Crippen LogP contribution >= 0.6 is 0 Å². The number of likely N-dealkylation sites (tertiary alicyclic amines) is 1. The molecule has 0 aromatic carbocycles. The molecule has 1 atom stereocenters. The second kappa shape index (κ2) is 8.94. The van der Waals surface area contributed by atoms with E-state index in [1.54, 1.807) is 0 Å². The molecule has 0 spiro atoms. The minimum Gasteiger partial charge on any atom is -0.339 e. The Morgan fingerprint density at radius 2 is 2.13 bits per heavy atom. The van der Waals surface area contributed by atoms with Gasteiger partial charge in [0, 0.05) is 32.1 Å². The third-order valence-electron chi connectivity index (χ3n) is 4.68. The lowest BCUT2D eigenvalue weighted by Gasteiger charge is -2.36. The number of rotatable bonds is 6. The maximum absolute atomic E-state index is 12.3. The number of unbranched alkanes of at least 4 members (excludes halogenated alkanes) is 1. The number of nitrogens with zero attached hydrogens (tertiary/aromatic N) is 1. The molecule has 1 saturated heterocycles. The molecular formula is C18H31N3O2. The van der Waals surface area contributed by atoms with Crippen molar-refractivity contribution < 1.29 is 9.59 Å². The number of hydrogen-bond acceptors (Lipinski definition) is 2. The van der Waals surface area contributed by atoms with E-state index in [1.807, 2.05) is 18.7 Å². The lowest BCUT2D eigenvalue weighted by molar-refractivity contribution is -0.131. The minimum atomic E-state index is -0.127. The van der Waals surface area contributed by atoms with Crippen molar-refractivity contribution in [2.75, 3.05) is 19.6 Å². The molecule has 23 heavy (non-hydrogen) atoms. The van der Waals surface area contributed by atoms with Gasteiger partial charge in [0.15, 0.2) is 0 Å².